The number of aryl methyl sites for hydroxylation is 1. The molecule has 2 aromatic heterocycles. The van der Waals surface area contributed by atoms with Crippen molar-refractivity contribution in [3.63, 3.8) is 0 Å². The van der Waals surface area contributed by atoms with Crippen LogP contribution in [-0.4, -0.2) is 63.9 Å². The third-order valence-electron chi connectivity index (χ3n) is 5.75. The largest absolute Gasteiger partial charge is 0.438 e. The van der Waals surface area contributed by atoms with Gasteiger partial charge in [0.25, 0.3) is 5.91 Å². The molecular formula is C21H28N6O3. The molecule has 2 aliphatic heterocycles. The maximum absolute atomic E-state index is 13.0. The van der Waals surface area contributed by atoms with Crippen molar-refractivity contribution in [2.45, 2.75) is 45.6 Å². The van der Waals surface area contributed by atoms with Crippen LogP contribution in [0.15, 0.2) is 23.1 Å². The van der Waals surface area contributed by atoms with E-state index < -0.39 is 0 Å². The molecule has 4 rings (SSSR count). The van der Waals surface area contributed by atoms with Crippen molar-refractivity contribution >= 4 is 17.8 Å². The van der Waals surface area contributed by atoms with Crippen LogP contribution in [0.1, 0.15) is 54.5 Å². The Morgan fingerprint density at radius 2 is 1.97 bits per heavy atom. The molecule has 2 fully saturated rings. The molecule has 30 heavy (non-hydrogen) atoms. The van der Waals surface area contributed by atoms with Crippen molar-refractivity contribution in [1.29, 1.82) is 0 Å². The summed E-state index contributed by atoms with van der Waals surface area (Å²) < 4.78 is 5.29. The van der Waals surface area contributed by atoms with Gasteiger partial charge in [0.2, 0.25) is 17.6 Å². The van der Waals surface area contributed by atoms with E-state index in [4.69, 9.17) is 9.40 Å². The summed E-state index contributed by atoms with van der Waals surface area (Å²) in [5.74, 6) is 0.00812. The van der Waals surface area contributed by atoms with Gasteiger partial charge in [0.15, 0.2) is 6.39 Å². The minimum Gasteiger partial charge on any atom is -0.438 e. The van der Waals surface area contributed by atoms with E-state index in [-0.39, 0.29) is 35.5 Å². The van der Waals surface area contributed by atoms with Gasteiger partial charge in [0.05, 0.1) is 17.3 Å². The Balaban J connectivity index is 1.61. The fraction of sp³-hybridized carbons (Fsp3) is 0.571. The highest BCUT2D eigenvalue weighted by Crippen LogP contribution is 2.34. The molecule has 2 atom stereocenters. The Morgan fingerprint density at radius 1 is 1.20 bits per heavy atom. The molecule has 0 radical (unpaired) electrons. The van der Waals surface area contributed by atoms with Gasteiger partial charge in [-0.3, -0.25) is 9.59 Å². The zero-order valence-corrected chi connectivity index (χ0v) is 17.7. The molecule has 0 bridgehead atoms. The minimum atomic E-state index is -0.388. The maximum Gasteiger partial charge on any atom is 0.291 e. The zero-order valence-electron chi connectivity index (χ0n) is 17.7. The summed E-state index contributed by atoms with van der Waals surface area (Å²) in [5, 5.41) is 2.99. The standard InChI is InChI=1S/C21H28N6O3/c1-13(2)24-19(28)16-11-27(20(29)18-14(3)23-12-30-18)10-15(16)17-6-7-22-21(25-17)26-8-4-5-9-26/h6-7,12-13,15-16H,4-5,8-11H2,1-3H3,(H,24,28)/t15-,16-/m1/s1. The van der Waals surface area contributed by atoms with E-state index >= 15 is 0 Å². The lowest BCUT2D eigenvalue weighted by atomic mass is 9.91. The van der Waals surface area contributed by atoms with Crippen LogP contribution >= 0.6 is 0 Å². The molecule has 0 spiro atoms. The lowest BCUT2D eigenvalue weighted by molar-refractivity contribution is -0.125. The number of nitrogens with zero attached hydrogens (tertiary/aromatic N) is 5. The number of carbonyl (C=O) groups excluding carboxylic acids is 2. The van der Waals surface area contributed by atoms with Crippen molar-refractivity contribution in [3.05, 3.63) is 35.8 Å². The molecule has 0 saturated carbocycles. The summed E-state index contributed by atoms with van der Waals surface area (Å²) >= 11 is 0. The van der Waals surface area contributed by atoms with E-state index in [0.717, 1.165) is 31.6 Å². The van der Waals surface area contributed by atoms with Crippen LogP contribution in [0.25, 0.3) is 0 Å². The summed E-state index contributed by atoms with van der Waals surface area (Å²) in [5.41, 5.74) is 1.34. The average molecular weight is 412 g/mol. The minimum absolute atomic E-state index is 0.0185. The predicted octanol–water partition coefficient (Wildman–Crippen LogP) is 1.75. The van der Waals surface area contributed by atoms with Crippen LogP contribution in [-0.2, 0) is 4.79 Å². The fourth-order valence-corrected chi connectivity index (χ4v) is 4.22. The van der Waals surface area contributed by atoms with Crippen LogP contribution in [0, 0.1) is 12.8 Å². The number of hydrogen-bond donors (Lipinski definition) is 1. The molecule has 4 heterocycles. The molecule has 160 valence electrons. The second kappa shape index (κ2) is 8.41. The zero-order chi connectivity index (χ0) is 21.3. The normalized spacial score (nSPS) is 21.5. The van der Waals surface area contributed by atoms with Crippen LogP contribution in [0.2, 0.25) is 0 Å². The summed E-state index contributed by atoms with van der Waals surface area (Å²) in [6.45, 7) is 8.19. The van der Waals surface area contributed by atoms with Gasteiger partial charge in [0.1, 0.15) is 0 Å². The maximum atomic E-state index is 13.0. The third kappa shape index (κ3) is 4.01. The van der Waals surface area contributed by atoms with Gasteiger partial charge in [0, 0.05) is 44.3 Å². The Morgan fingerprint density at radius 3 is 2.63 bits per heavy atom. The van der Waals surface area contributed by atoms with Gasteiger partial charge < -0.3 is 19.5 Å². The lowest BCUT2D eigenvalue weighted by Crippen LogP contribution is -2.39. The molecule has 2 aromatic rings. The topological polar surface area (TPSA) is 104 Å². The van der Waals surface area contributed by atoms with Crippen molar-refractivity contribution in [3.8, 4) is 0 Å². The molecule has 9 nitrogen and oxygen atoms in total. The second-order valence-corrected chi connectivity index (χ2v) is 8.33. The fourth-order valence-electron chi connectivity index (χ4n) is 4.22. The number of anilines is 1. The Labute approximate surface area is 175 Å². The van der Waals surface area contributed by atoms with E-state index in [9.17, 15) is 9.59 Å². The van der Waals surface area contributed by atoms with E-state index in [1.165, 1.54) is 6.39 Å². The first-order valence-corrected chi connectivity index (χ1v) is 10.5. The van der Waals surface area contributed by atoms with E-state index in [0.29, 0.717) is 24.7 Å². The van der Waals surface area contributed by atoms with Crippen LogP contribution in [0.4, 0.5) is 5.95 Å². The van der Waals surface area contributed by atoms with E-state index in [1.807, 2.05) is 19.9 Å². The van der Waals surface area contributed by atoms with Gasteiger partial charge in [-0.15, -0.1) is 0 Å². The highest BCUT2D eigenvalue weighted by molar-refractivity contribution is 5.93. The van der Waals surface area contributed by atoms with Crippen molar-refractivity contribution < 1.29 is 14.0 Å². The Hall–Kier alpha value is -2.97. The van der Waals surface area contributed by atoms with Gasteiger partial charge >= 0.3 is 0 Å². The van der Waals surface area contributed by atoms with Gasteiger partial charge in [-0.1, -0.05) is 0 Å². The molecule has 1 N–H and O–H groups in total. The molecule has 2 aliphatic rings. The highest BCUT2D eigenvalue weighted by atomic mass is 16.3. The number of carbonyl (C=O) groups is 2. The number of aromatic nitrogens is 3. The third-order valence-corrected chi connectivity index (χ3v) is 5.75. The van der Waals surface area contributed by atoms with Crippen LogP contribution in [0.3, 0.4) is 0 Å². The monoisotopic (exact) mass is 412 g/mol. The molecular weight excluding hydrogens is 384 g/mol. The van der Waals surface area contributed by atoms with Crippen molar-refractivity contribution in [1.82, 2.24) is 25.2 Å². The van der Waals surface area contributed by atoms with Gasteiger partial charge in [-0.05, 0) is 39.7 Å². The number of likely N-dealkylation sites (tertiary alicyclic amines) is 1. The highest BCUT2D eigenvalue weighted by Gasteiger charge is 2.42. The smallest absolute Gasteiger partial charge is 0.291 e. The van der Waals surface area contributed by atoms with Crippen LogP contribution < -0.4 is 10.2 Å². The number of amides is 2. The second-order valence-electron chi connectivity index (χ2n) is 8.33. The van der Waals surface area contributed by atoms with E-state index in [1.54, 1.807) is 18.0 Å². The Kier molecular flexibility index (Phi) is 5.69. The Bertz CT molecular complexity index is 921. The quantitative estimate of drug-likeness (QED) is 0.798. The van der Waals surface area contributed by atoms with Crippen molar-refractivity contribution in [2.75, 3.05) is 31.1 Å². The lowest BCUT2D eigenvalue weighted by Gasteiger charge is -2.21. The molecule has 0 aliphatic carbocycles. The first-order valence-electron chi connectivity index (χ1n) is 10.5. The van der Waals surface area contributed by atoms with Gasteiger partial charge in [-0.25, -0.2) is 15.0 Å². The average Bonchev–Trinajstić information content (AvgIpc) is 3.47. The summed E-state index contributed by atoms with van der Waals surface area (Å²) in [4.78, 5) is 43.0. The molecule has 9 heteroatoms. The number of oxazole rings is 1. The molecule has 0 unspecified atom stereocenters. The first kappa shape index (κ1) is 20.3. The summed E-state index contributed by atoms with van der Waals surface area (Å²) in [6, 6.07) is 1.87. The van der Waals surface area contributed by atoms with Gasteiger partial charge in [-0.2, -0.15) is 0 Å². The molecule has 0 aromatic carbocycles. The molecule has 2 amide bonds. The van der Waals surface area contributed by atoms with Crippen molar-refractivity contribution in [2.24, 2.45) is 5.92 Å². The summed E-state index contributed by atoms with van der Waals surface area (Å²) in [6.07, 6.45) is 5.29. The first-order chi connectivity index (χ1) is 14.4. The number of hydrogen-bond acceptors (Lipinski definition) is 7. The predicted molar refractivity (Wildman–Crippen MR) is 110 cm³/mol. The SMILES string of the molecule is Cc1ncoc1C(=O)N1C[C@@H](C(=O)NC(C)C)[C@H](c2ccnc(N3CCCC3)n2)C1. The number of rotatable bonds is 5. The summed E-state index contributed by atoms with van der Waals surface area (Å²) in [7, 11) is 0. The number of nitrogens with one attached hydrogen (secondary N) is 1. The van der Waals surface area contributed by atoms with Crippen LogP contribution in [0.5, 0.6) is 0 Å². The van der Waals surface area contributed by atoms with E-state index in [2.05, 4.69) is 20.2 Å². The molecule has 2 saturated heterocycles.